The van der Waals surface area contributed by atoms with E-state index in [0.717, 1.165) is 100 Å². The lowest BCUT2D eigenvalue weighted by Gasteiger charge is -2.34. The molecule has 2 fully saturated rings. The normalized spacial score (nSPS) is 19.2. The number of fused-ring (bicyclic) bond motifs is 1. The maximum Gasteiger partial charge on any atom is 0.227 e. The van der Waals surface area contributed by atoms with Crippen LogP contribution in [0.25, 0.3) is 11.2 Å². The van der Waals surface area contributed by atoms with Crippen LogP contribution in [0.2, 0.25) is 0 Å². The van der Waals surface area contributed by atoms with E-state index >= 15 is 0 Å². The molecule has 2 saturated heterocycles. The van der Waals surface area contributed by atoms with Crippen LogP contribution in [0.15, 0.2) is 30.6 Å². The van der Waals surface area contributed by atoms with E-state index in [1.807, 2.05) is 18.5 Å². The van der Waals surface area contributed by atoms with Gasteiger partial charge in [0.05, 0.1) is 13.4 Å². The molecule has 1 unspecified atom stereocenters. The summed E-state index contributed by atoms with van der Waals surface area (Å²) in [5, 5.41) is 7.08. The van der Waals surface area contributed by atoms with Crippen molar-refractivity contribution >= 4 is 22.9 Å². The van der Waals surface area contributed by atoms with Crippen molar-refractivity contribution in [2.24, 2.45) is 0 Å². The number of piperazine rings is 2. The molecule has 2 aliphatic heterocycles. The van der Waals surface area contributed by atoms with Crippen molar-refractivity contribution in [3.63, 3.8) is 0 Å². The molecule has 4 heterocycles. The summed E-state index contributed by atoms with van der Waals surface area (Å²) in [6.45, 7) is 15.5. The van der Waals surface area contributed by atoms with Gasteiger partial charge in [-0.05, 0) is 43.6 Å². The number of ether oxygens (including phenoxy) is 1. The quantitative estimate of drug-likeness (QED) is 0.395. The van der Waals surface area contributed by atoms with Crippen molar-refractivity contribution in [1.82, 2.24) is 34.6 Å². The lowest BCUT2D eigenvalue weighted by atomic mass is 10.1. The highest BCUT2D eigenvalue weighted by Gasteiger charge is 2.23. The summed E-state index contributed by atoms with van der Waals surface area (Å²) in [6.07, 6.45) is 4.21. The number of imidazole rings is 1. The number of hydrogen-bond donors (Lipinski definition) is 2. The van der Waals surface area contributed by atoms with Crippen LogP contribution < -0.4 is 20.3 Å². The molecule has 10 nitrogen and oxygen atoms in total. The second-order valence-electron chi connectivity index (χ2n) is 10.3. The molecule has 0 aliphatic carbocycles. The molecule has 0 saturated carbocycles. The molecule has 0 bridgehead atoms. The lowest BCUT2D eigenvalue weighted by molar-refractivity contribution is 0.193. The van der Waals surface area contributed by atoms with Gasteiger partial charge in [-0.2, -0.15) is 9.97 Å². The van der Waals surface area contributed by atoms with Crippen LogP contribution in [0.1, 0.15) is 32.3 Å². The number of nitrogens with zero attached hydrogens (tertiary/aromatic N) is 7. The van der Waals surface area contributed by atoms with Gasteiger partial charge in [-0.1, -0.05) is 26.0 Å². The van der Waals surface area contributed by atoms with Crippen LogP contribution in [0.5, 0.6) is 5.75 Å². The fraction of sp³-hybridized carbons (Fsp3) is 0.607. The van der Waals surface area contributed by atoms with E-state index in [-0.39, 0.29) is 0 Å². The summed E-state index contributed by atoms with van der Waals surface area (Å²) in [6, 6.07) is 8.71. The molecule has 10 heteroatoms. The third-order valence-corrected chi connectivity index (χ3v) is 7.88. The van der Waals surface area contributed by atoms with Gasteiger partial charge in [0, 0.05) is 64.9 Å². The smallest absolute Gasteiger partial charge is 0.227 e. The zero-order valence-corrected chi connectivity index (χ0v) is 23.2. The maximum absolute atomic E-state index is 5.29. The Balaban J connectivity index is 1.33. The molecule has 5 rings (SSSR count). The number of anilines is 2. The summed E-state index contributed by atoms with van der Waals surface area (Å²) < 4.78 is 7.50. The molecule has 0 spiro atoms. The highest BCUT2D eigenvalue weighted by Crippen LogP contribution is 2.26. The highest BCUT2D eigenvalue weighted by atomic mass is 16.5. The molecule has 3 aromatic rings. The molecule has 1 aromatic carbocycles. The second-order valence-corrected chi connectivity index (χ2v) is 10.3. The average Bonchev–Trinajstić information content (AvgIpc) is 3.39. The van der Waals surface area contributed by atoms with Crippen LogP contribution in [0.3, 0.4) is 0 Å². The van der Waals surface area contributed by atoms with E-state index in [0.29, 0.717) is 18.5 Å². The van der Waals surface area contributed by atoms with Crippen molar-refractivity contribution in [1.29, 1.82) is 0 Å². The van der Waals surface area contributed by atoms with E-state index < -0.39 is 0 Å². The first-order chi connectivity index (χ1) is 18.7. The first kappa shape index (κ1) is 26.6. The molecule has 0 amide bonds. The number of rotatable bonds is 11. The number of nitrogens with one attached hydrogen (secondary N) is 2. The predicted molar refractivity (Wildman–Crippen MR) is 153 cm³/mol. The molecule has 38 heavy (non-hydrogen) atoms. The topological polar surface area (TPSA) is 86.6 Å². The van der Waals surface area contributed by atoms with Crippen LogP contribution >= 0.6 is 0 Å². The molecule has 2 N–H and O–H groups in total. The van der Waals surface area contributed by atoms with Gasteiger partial charge < -0.3 is 34.6 Å². The van der Waals surface area contributed by atoms with Crippen LogP contribution in [-0.2, 0) is 13.1 Å². The van der Waals surface area contributed by atoms with E-state index in [1.54, 1.807) is 7.11 Å². The zero-order chi connectivity index (χ0) is 26.3. The van der Waals surface area contributed by atoms with E-state index in [1.165, 1.54) is 6.42 Å². The molecule has 1 atom stereocenters. The summed E-state index contributed by atoms with van der Waals surface area (Å²) in [7, 11) is 1.69. The van der Waals surface area contributed by atoms with Crippen LogP contribution in [0, 0.1) is 0 Å². The van der Waals surface area contributed by atoms with Crippen molar-refractivity contribution in [3.05, 3.63) is 36.2 Å². The van der Waals surface area contributed by atoms with Gasteiger partial charge in [0.25, 0.3) is 0 Å². The van der Waals surface area contributed by atoms with Gasteiger partial charge in [-0.15, -0.1) is 0 Å². The van der Waals surface area contributed by atoms with Crippen molar-refractivity contribution in [2.75, 3.05) is 76.2 Å². The molecule has 0 radical (unpaired) electrons. The highest BCUT2D eigenvalue weighted by molar-refractivity contribution is 5.85. The third kappa shape index (κ3) is 6.36. The van der Waals surface area contributed by atoms with Crippen LogP contribution in [0.4, 0.5) is 11.8 Å². The van der Waals surface area contributed by atoms with Gasteiger partial charge >= 0.3 is 0 Å². The third-order valence-electron chi connectivity index (χ3n) is 7.88. The molecule has 2 aromatic heterocycles. The second kappa shape index (κ2) is 12.7. The van der Waals surface area contributed by atoms with E-state index in [4.69, 9.17) is 19.7 Å². The van der Waals surface area contributed by atoms with Crippen molar-refractivity contribution in [3.8, 4) is 5.75 Å². The molecular formula is C28H43N9O. The van der Waals surface area contributed by atoms with Crippen LogP contribution in [-0.4, -0.2) is 101 Å². The largest absolute Gasteiger partial charge is 0.497 e. The Morgan fingerprint density at radius 2 is 1.82 bits per heavy atom. The number of benzene rings is 1. The molecule has 2 aliphatic rings. The fourth-order valence-corrected chi connectivity index (χ4v) is 5.43. The standard InChI is InChI=1S/C28H43N9O/c1-4-23-20-35(14-11-29-23)12-6-13-37-21-31-25-26(36-17-15-34(5-2)16-18-36)32-28(33-27(25)37)30-19-22-7-9-24(38-3)10-8-22/h7-10,21,23,29H,4-6,11-20H2,1-3H3,(H,30,32,33). The predicted octanol–water partition coefficient (Wildman–Crippen LogP) is 2.66. The van der Waals surface area contributed by atoms with Gasteiger partial charge in [0.1, 0.15) is 5.75 Å². The summed E-state index contributed by atoms with van der Waals surface area (Å²) >= 11 is 0. The Labute approximate surface area is 226 Å². The number of methoxy groups -OCH3 is 1. The average molecular weight is 522 g/mol. The maximum atomic E-state index is 5.29. The first-order valence-corrected chi connectivity index (χ1v) is 14.2. The SMILES string of the molecule is CCC1CN(CCCn2cnc3c(N4CCN(CC)CC4)nc(NCc4ccc(OC)cc4)nc32)CCN1. The van der Waals surface area contributed by atoms with Gasteiger partial charge in [-0.25, -0.2) is 4.98 Å². The van der Waals surface area contributed by atoms with Crippen molar-refractivity contribution < 1.29 is 4.74 Å². The zero-order valence-electron chi connectivity index (χ0n) is 23.2. The Morgan fingerprint density at radius 3 is 2.55 bits per heavy atom. The Bertz CT molecular complexity index is 1160. The summed E-state index contributed by atoms with van der Waals surface area (Å²) in [4.78, 5) is 22.2. The minimum absolute atomic E-state index is 0.612. The van der Waals surface area contributed by atoms with E-state index in [2.05, 4.69) is 55.9 Å². The van der Waals surface area contributed by atoms with Crippen molar-refractivity contribution in [2.45, 2.75) is 45.8 Å². The van der Waals surface area contributed by atoms with Gasteiger partial charge in [-0.3, -0.25) is 0 Å². The Morgan fingerprint density at radius 1 is 1.00 bits per heavy atom. The lowest BCUT2D eigenvalue weighted by Crippen LogP contribution is -2.50. The number of aromatic nitrogens is 4. The first-order valence-electron chi connectivity index (χ1n) is 14.2. The minimum atomic E-state index is 0.612. The summed E-state index contributed by atoms with van der Waals surface area (Å²) in [5.74, 6) is 2.44. The summed E-state index contributed by atoms with van der Waals surface area (Å²) in [5.41, 5.74) is 2.97. The Kier molecular flexibility index (Phi) is 8.93. The monoisotopic (exact) mass is 521 g/mol. The molecular weight excluding hydrogens is 478 g/mol. The van der Waals surface area contributed by atoms with Gasteiger partial charge in [0.15, 0.2) is 17.0 Å². The Hall–Kier alpha value is -2.95. The fourth-order valence-electron chi connectivity index (χ4n) is 5.43. The minimum Gasteiger partial charge on any atom is -0.497 e. The molecule has 206 valence electrons. The van der Waals surface area contributed by atoms with Gasteiger partial charge in [0.2, 0.25) is 5.95 Å². The number of aryl methyl sites for hydroxylation is 1. The number of hydrogen-bond acceptors (Lipinski definition) is 9. The van der Waals surface area contributed by atoms with E-state index in [9.17, 15) is 0 Å². The number of likely N-dealkylation sites (N-methyl/N-ethyl adjacent to an activating group) is 1.